The molecule has 0 bridgehead atoms. The Kier molecular flexibility index (Phi) is 4.61. The van der Waals surface area contributed by atoms with Crippen LogP contribution in [0.3, 0.4) is 0 Å². The van der Waals surface area contributed by atoms with E-state index in [9.17, 15) is 0 Å². The smallest absolute Gasteiger partial charge is 0.134 e. The molecular weight excluding hydrogens is 262 g/mol. The van der Waals surface area contributed by atoms with Gasteiger partial charge in [0.25, 0.3) is 0 Å². The van der Waals surface area contributed by atoms with E-state index in [0.29, 0.717) is 12.0 Å². The van der Waals surface area contributed by atoms with E-state index in [1.807, 2.05) is 0 Å². The van der Waals surface area contributed by atoms with Crippen LogP contribution >= 0.6 is 0 Å². The average Bonchev–Trinajstić information content (AvgIpc) is 3.11. The van der Waals surface area contributed by atoms with Crippen LogP contribution in [-0.2, 0) is 4.74 Å². The topological polar surface area (TPSA) is 34.4 Å². The van der Waals surface area contributed by atoms with Gasteiger partial charge in [-0.15, -0.1) is 0 Å². The summed E-state index contributed by atoms with van der Waals surface area (Å²) in [5, 5.41) is 4.84. The van der Waals surface area contributed by atoms with Crippen molar-refractivity contribution in [2.75, 3.05) is 19.8 Å². The van der Waals surface area contributed by atoms with Gasteiger partial charge in [-0.05, 0) is 56.8 Å². The van der Waals surface area contributed by atoms with E-state index in [-0.39, 0.29) is 0 Å². The average molecular weight is 287 g/mol. The van der Waals surface area contributed by atoms with Crippen molar-refractivity contribution in [3.05, 3.63) is 35.6 Å². The molecule has 1 fully saturated rings. The van der Waals surface area contributed by atoms with E-state index < -0.39 is 0 Å². The van der Waals surface area contributed by atoms with Gasteiger partial charge in [-0.3, -0.25) is 0 Å². The summed E-state index contributed by atoms with van der Waals surface area (Å²) in [4.78, 5) is 0. The lowest BCUT2D eigenvalue weighted by molar-refractivity contribution is 0.180. The van der Waals surface area contributed by atoms with Crippen molar-refractivity contribution in [3.63, 3.8) is 0 Å². The highest BCUT2D eigenvalue weighted by Gasteiger charge is 2.23. The zero-order valence-electron chi connectivity index (χ0n) is 13.0. The number of nitrogens with one attached hydrogen (secondary N) is 1. The summed E-state index contributed by atoms with van der Waals surface area (Å²) < 4.78 is 11.6. The Morgan fingerprint density at radius 1 is 1.33 bits per heavy atom. The van der Waals surface area contributed by atoms with Gasteiger partial charge in [-0.25, -0.2) is 0 Å². The largest absolute Gasteiger partial charge is 0.459 e. The fraction of sp³-hybridized carbons (Fsp3) is 0.556. The minimum Gasteiger partial charge on any atom is -0.459 e. The first kappa shape index (κ1) is 14.6. The molecule has 21 heavy (non-hydrogen) atoms. The van der Waals surface area contributed by atoms with E-state index in [4.69, 9.17) is 9.15 Å². The summed E-state index contributed by atoms with van der Waals surface area (Å²) in [6, 6.07) is 8.87. The molecule has 0 aliphatic carbocycles. The normalized spacial score (nSPS) is 20.2. The molecule has 2 aromatic rings. The first-order valence-electron chi connectivity index (χ1n) is 8.07. The fourth-order valence-electron chi connectivity index (χ4n) is 3.08. The molecule has 1 aliphatic rings. The highest BCUT2D eigenvalue weighted by atomic mass is 16.5. The lowest BCUT2D eigenvalue weighted by Crippen LogP contribution is -2.24. The van der Waals surface area contributed by atoms with Crippen LogP contribution in [0.4, 0.5) is 0 Å². The third kappa shape index (κ3) is 3.47. The fourth-order valence-corrected chi connectivity index (χ4v) is 3.08. The first-order valence-corrected chi connectivity index (χ1v) is 8.07. The standard InChI is InChI=1S/C18H25NO2/c1-3-7-19-16(10-14-6-8-20-12-14)18-11-15-9-13(2)4-5-17(15)21-18/h4-5,9,11,14,16,19H,3,6-8,10,12H2,1-2H3. The summed E-state index contributed by atoms with van der Waals surface area (Å²) in [6.07, 6.45) is 3.40. The highest BCUT2D eigenvalue weighted by Crippen LogP contribution is 2.30. The minimum atomic E-state index is 0.296. The molecule has 1 aromatic carbocycles. The number of aryl methyl sites for hydroxylation is 1. The molecular formula is C18H25NO2. The van der Waals surface area contributed by atoms with Gasteiger partial charge in [0.1, 0.15) is 11.3 Å². The van der Waals surface area contributed by atoms with Crippen molar-refractivity contribution in [1.29, 1.82) is 0 Å². The van der Waals surface area contributed by atoms with Crippen LogP contribution in [0.15, 0.2) is 28.7 Å². The van der Waals surface area contributed by atoms with E-state index in [0.717, 1.165) is 43.9 Å². The maximum absolute atomic E-state index is 6.09. The molecule has 1 saturated heterocycles. The Bertz CT molecular complexity index is 584. The van der Waals surface area contributed by atoms with Gasteiger partial charge in [0, 0.05) is 18.6 Å². The zero-order chi connectivity index (χ0) is 14.7. The van der Waals surface area contributed by atoms with E-state index >= 15 is 0 Å². The third-order valence-corrected chi connectivity index (χ3v) is 4.27. The monoisotopic (exact) mass is 287 g/mol. The number of fused-ring (bicyclic) bond motifs is 1. The number of ether oxygens (including phenoxy) is 1. The second kappa shape index (κ2) is 6.63. The van der Waals surface area contributed by atoms with Gasteiger partial charge in [-0.1, -0.05) is 18.6 Å². The molecule has 0 radical (unpaired) electrons. The van der Waals surface area contributed by atoms with Gasteiger partial charge in [0.2, 0.25) is 0 Å². The second-order valence-corrected chi connectivity index (χ2v) is 6.16. The Hall–Kier alpha value is -1.32. The molecule has 114 valence electrons. The number of furan rings is 1. The summed E-state index contributed by atoms with van der Waals surface area (Å²) in [7, 11) is 0. The van der Waals surface area contributed by atoms with Gasteiger partial charge in [0.05, 0.1) is 6.04 Å². The van der Waals surface area contributed by atoms with Crippen molar-refractivity contribution >= 4 is 11.0 Å². The van der Waals surface area contributed by atoms with Gasteiger partial charge in [0.15, 0.2) is 0 Å². The van der Waals surface area contributed by atoms with Crippen LogP contribution in [0.25, 0.3) is 11.0 Å². The van der Waals surface area contributed by atoms with Crippen LogP contribution in [-0.4, -0.2) is 19.8 Å². The van der Waals surface area contributed by atoms with Crippen LogP contribution < -0.4 is 5.32 Å². The van der Waals surface area contributed by atoms with Gasteiger partial charge < -0.3 is 14.5 Å². The van der Waals surface area contributed by atoms with Crippen molar-refractivity contribution in [2.24, 2.45) is 5.92 Å². The predicted octanol–water partition coefficient (Wildman–Crippen LogP) is 4.21. The molecule has 0 amide bonds. The maximum atomic E-state index is 6.09. The third-order valence-electron chi connectivity index (χ3n) is 4.27. The SMILES string of the molecule is CCCNC(CC1CCOC1)c1cc2cc(C)ccc2o1. The van der Waals surface area contributed by atoms with Crippen LogP contribution in [0.5, 0.6) is 0 Å². The quantitative estimate of drug-likeness (QED) is 0.864. The lowest BCUT2D eigenvalue weighted by atomic mass is 9.97. The molecule has 1 aliphatic heterocycles. The molecule has 2 atom stereocenters. The number of hydrogen-bond acceptors (Lipinski definition) is 3. The number of hydrogen-bond donors (Lipinski definition) is 1. The number of benzene rings is 1. The first-order chi connectivity index (χ1) is 10.3. The zero-order valence-corrected chi connectivity index (χ0v) is 13.0. The molecule has 2 heterocycles. The molecule has 0 saturated carbocycles. The Balaban J connectivity index is 1.81. The summed E-state index contributed by atoms with van der Waals surface area (Å²) in [5.41, 5.74) is 2.26. The summed E-state index contributed by atoms with van der Waals surface area (Å²) in [6.45, 7) is 7.14. The maximum Gasteiger partial charge on any atom is 0.134 e. The van der Waals surface area contributed by atoms with Gasteiger partial charge in [-0.2, -0.15) is 0 Å². The summed E-state index contributed by atoms with van der Waals surface area (Å²) in [5.74, 6) is 1.71. The number of rotatable bonds is 6. The van der Waals surface area contributed by atoms with Gasteiger partial charge >= 0.3 is 0 Å². The van der Waals surface area contributed by atoms with Crippen molar-refractivity contribution in [1.82, 2.24) is 5.32 Å². The molecule has 3 rings (SSSR count). The summed E-state index contributed by atoms with van der Waals surface area (Å²) >= 11 is 0. The second-order valence-electron chi connectivity index (χ2n) is 6.16. The predicted molar refractivity (Wildman–Crippen MR) is 85.5 cm³/mol. The van der Waals surface area contributed by atoms with E-state index in [2.05, 4.69) is 43.4 Å². The molecule has 1 aromatic heterocycles. The van der Waals surface area contributed by atoms with Crippen LogP contribution in [0, 0.1) is 12.8 Å². The Morgan fingerprint density at radius 2 is 2.24 bits per heavy atom. The van der Waals surface area contributed by atoms with E-state index in [1.54, 1.807) is 0 Å². The minimum absolute atomic E-state index is 0.296. The van der Waals surface area contributed by atoms with Crippen molar-refractivity contribution in [3.8, 4) is 0 Å². The molecule has 3 heteroatoms. The Labute approximate surface area is 126 Å². The molecule has 2 unspecified atom stereocenters. The highest BCUT2D eigenvalue weighted by molar-refractivity contribution is 5.78. The van der Waals surface area contributed by atoms with Crippen LogP contribution in [0.1, 0.15) is 43.6 Å². The molecule has 0 spiro atoms. The van der Waals surface area contributed by atoms with E-state index in [1.165, 1.54) is 17.4 Å². The molecule has 3 nitrogen and oxygen atoms in total. The van der Waals surface area contributed by atoms with Crippen molar-refractivity contribution in [2.45, 2.75) is 39.2 Å². The van der Waals surface area contributed by atoms with Crippen LogP contribution in [0.2, 0.25) is 0 Å². The Morgan fingerprint density at radius 3 is 3.00 bits per heavy atom. The molecule has 1 N–H and O–H groups in total. The lowest BCUT2D eigenvalue weighted by Gasteiger charge is -2.19. The van der Waals surface area contributed by atoms with Crippen molar-refractivity contribution < 1.29 is 9.15 Å².